The second-order valence-electron chi connectivity index (χ2n) is 5.29. The van der Waals surface area contributed by atoms with Gasteiger partial charge in [0.25, 0.3) is 0 Å². The van der Waals surface area contributed by atoms with E-state index in [0.29, 0.717) is 11.4 Å². The zero-order valence-electron chi connectivity index (χ0n) is 12.2. The fourth-order valence-corrected chi connectivity index (χ4v) is 2.50. The first-order valence-electron chi connectivity index (χ1n) is 7.00. The highest BCUT2D eigenvalue weighted by atomic mass is 16.5. The Morgan fingerprint density at radius 1 is 1.38 bits per heavy atom. The highest BCUT2D eigenvalue weighted by Gasteiger charge is 2.36. The maximum atomic E-state index is 12.1. The number of ether oxygens (including phenoxy) is 1. The SMILES string of the molecule is CCC1(NC(=O)Nc2cc(C(=O)O)ccc2OC)CCC1. The first-order chi connectivity index (χ1) is 9.99. The first-order valence-corrected chi connectivity index (χ1v) is 7.00. The number of hydrogen-bond acceptors (Lipinski definition) is 3. The van der Waals surface area contributed by atoms with Crippen LogP contribution in [0.15, 0.2) is 18.2 Å². The molecule has 1 aliphatic carbocycles. The average molecular weight is 292 g/mol. The third-order valence-corrected chi connectivity index (χ3v) is 4.06. The standard InChI is InChI=1S/C15H20N2O4/c1-3-15(7-4-8-15)17-14(20)16-11-9-10(13(18)19)5-6-12(11)21-2/h5-6,9H,3-4,7-8H2,1-2H3,(H,18,19)(H2,16,17,20). The van der Waals surface area contributed by atoms with E-state index in [2.05, 4.69) is 10.6 Å². The molecule has 0 aliphatic heterocycles. The van der Waals surface area contributed by atoms with E-state index < -0.39 is 5.97 Å². The number of anilines is 1. The van der Waals surface area contributed by atoms with Crippen LogP contribution in [0.25, 0.3) is 0 Å². The van der Waals surface area contributed by atoms with Crippen molar-refractivity contribution in [1.82, 2.24) is 5.32 Å². The number of rotatable bonds is 5. The van der Waals surface area contributed by atoms with E-state index in [-0.39, 0.29) is 17.1 Å². The van der Waals surface area contributed by atoms with Gasteiger partial charge in [-0.25, -0.2) is 9.59 Å². The van der Waals surface area contributed by atoms with Crippen molar-refractivity contribution >= 4 is 17.7 Å². The Bertz CT molecular complexity index is 547. The number of carboxylic acids is 1. The van der Waals surface area contributed by atoms with Crippen LogP contribution in [0, 0.1) is 0 Å². The Hall–Kier alpha value is -2.24. The van der Waals surface area contributed by atoms with Gasteiger partial charge in [0, 0.05) is 5.54 Å². The van der Waals surface area contributed by atoms with Crippen LogP contribution in [-0.2, 0) is 0 Å². The summed E-state index contributed by atoms with van der Waals surface area (Å²) < 4.78 is 5.14. The minimum Gasteiger partial charge on any atom is -0.495 e. The van der Waals surface area contributed by atoms with Crippen molar-refractivity contribution in [3.63, 3.8) is 0 Å². The third kappa shape index (κ3) is 3.26. The minimum absolute atomic E-state index is 0.0972. The van der Waals surface area contributed by atoms with Crippen LogP contribution >= 0.6 is 0 Å². The fraction of sp³-hybridized carbons (Fsp3) is 0.467. The molecule has 0 spiro atoms. The number of carbonyl (C=O) groups is 2. The van der Waals surface area contributed by atoms with Crippen LogP contribution < -0.4 is 15.4 Å². The largest absolute Gasteiger partial charge is 0.495 e. The van der Waals surface area contributed by atoms with E-state index in [0.717, 1.165) is 25.7 Å². The molecular formula is C15H20N2O4. The van der Waals surface area contributed by atoms with Crippen LogP contribution in [0.4, 0.5) is 10.5 Å². The summed E-state index contributed by atoms with van der Waals surface area (Å²) in [4.78, 5) is 23.1. The summed E-state index contributed by atoms with van der Waals surface area (Å²) in [6.07, 6.45) is 3.95. The molecule has 114 valence electrons. The van der Waals surface area contributed by atoms with Gasteiger partial charge in [-0.05, 0) is 43.9 Å². The molecular weight excluding hydrogens is 272 g/mol. The van der Waals surface area contributed by atoms with Crippen molar-refractivity contribution in [1.29, 1.82) is 0 Å². The second kappa shape index (κ2) is 6.03. The van der Waals surface area contributed by atoms with E-state index in [1.165, 1.54) is 25.3 Å². The predicted octanol–water partition coefficient (Wildman–Crippen LogP) is 2.85. The fourth-order valence-electron chi connectivity index (χ4n) is 2.50. The Kier molecular flexibility index (Phi) is 4.35. The van der Waals surface area contributed by atoms with Crippen molar-refractivity contribution in [2.45, 2.75) is 38.1 Å². The molecule has 1 aromatic carbocycles. The van der Waals surface area contributed by atoms with Crippen molar-refractivity contribution in [2.24, 2.45) is 0 Å². The number of aromatic carboxylic acids is 1. The minimum atomic E-state index is -1.05. The van der Waals surface area contributed by atoms with Crippen molar-refractivity contribution < 1.29 is 19.4 Å². The molecule has 1 aromatic rings. The van der Waals surface area contributed by atoms with Crippen molar-refractivity contribution in [3.8, 4) is 5.75 Å². The lowest BCUT2D eigenvalue weighted by Gasteiger charge is -2.41. The maximum absolute atomic E-state index is 12.1. The lowest BCUT2D eigenvalue weighted by atomic mass is 9.75. The molecule has 0 aromatic heterocycles. The van der Waals surface area contributed by atoms with Gasteiger partial charge < -0.3 is 20.5 Å². The van der Waals surface area contributed by atoms with Gasteiger partial charge in [0.15, 0.2) is 0 Å². The second-order valence-corrected chi connectivity index (χ2v) is 5.29. The van der Waals surface area contributed by atoms with Gasteiger partial charge in [-0.3, -0.25) is 0 Å². The number of amides is 2. The molecule has 0 unspecified atom stereocenters. The van der Waals surface area contributed by atoms with Gasteiger partial charge in [0.2, 0.25) is 0 Å². The number of hydrogen-bond donors (Lipinski definition) is 3. The molecule has 0 heterocycles. The molecule has 6 nitrogen and oxygen atoms in total. The highest BCUT2D eigenvalue weighted by Crippen LogP contribution is 2.35. The first kappa shape index (κ1) is 15.2. The average Bonchev–Trinajstić information content (AvgIpc) is 2.42. The smallest absolute Gasteiger partial charge is 0.335 e. The van der Waals surface area contributed by atoms with Crippen molar-refractivity contribution in [3.05, 3.63) is 23.8 Å². The summed E-state index contributed by atoms with van der Waals surface area (Å²) in [5.41, 5.74) is 0.322. The van der Waals surface area contributed by atoms with Gasteiger partial charge >= 0.3 is 12.0 Å². The summed E-state index contributed by atoms with van der Waals surface area (Å²) in [7, 11) is 1.47. The summed E-state index contributed by atoms with van der Waals surface area (Å²) in [5.74, 6) is -0.626. The van der Waals surface area contributed by atoms with E-state index in [9.17, 15) is 9.59 Å². The molecule has 3 N–H and O–H groups in total. The maximum Gasteiger partial charge on any atom is 0.335 e. The normalized spacial score (nSPS) is 15.7. The number of carboxylic acid groups (broad SMARTS) is 1. The molecule has 1 aliphatic rings. The monoisotopic (exact) mass is 292 g/mol. The molecule has 0 atom stereocenters. The van der Waals surface area contributed by atoms with Gasteiger partial charge in [-0.2, -0.15) is 0 Å². The quantitative estimate of drug-likeness (QED) is 0.778. The summed E-state index contributed by atoms with van der Waals surface area (Å²) in [6, 6.07) is 4.01. The number of benzene rings is 1. The molecule has 6 heteroatoms. The molecule has 0 radical (unpaired) electrons. The molecule has 1 saturated carbocycles. The summed E-state index contributed by atoms with van der Waals surface area (Å²) >= 11 is 0. The van der Waals surface area contributed by atoms with E-state index in [1.807, 2.05) is 6.92 Å². The molecule has 0 bridgehead atoms. The van der Waals surface area contributed by atoms with E-state index in [4.69, 9.17) is 9.84 Å². The molecule has 21 heavy (non-hydrogen) atoms. The van der Waals surface area contributed by atoms with Crippen molar-refractivity contribution in [2.75, 3.05) is 12.4 Å². The number of carbonyl (C=O) groups excluding carboxylic acids is 1. The lowest BCUT2D eigenvalue weighted by molar-refractivity contribution is 0.0697. The third-order valence-electron chi connectivity index (χ3n) is 4.06. The van der Waals surface area contributed by atoms with Gasteiger partial charge in [0.1, 0.15) is 5.75 Å². The number of methoxy groups -OCH3 is 1. The highest BCUT2D eigenvalue weighted by molar-refractivity contribution is 5.95. The van der Waals surface area contributed by atoms with E-state index >= 15 is 0 Å². The Morgan fingerprint density at radius 2 is 2.10 bits per heavy atom. The van der Waals surface area contributed by atoms with Crippen LogP contribution in [0.5, 0.6) is 5.75 Å². The lowest BCUT2D eigenvalue weighted by Crippen LogP contribution is -2.54. The Labute approximate surface area is 123 Å². The number of urea groups is 1. The van der Waals surface area contributed by atoms with Crippen LogP contribution in [0.3, 0.4) is 0 Å². The summed E-state index contributed by atoms with van der Waals surface area (Å²) in [6.45, 7) is 2.05. The van der Waals surface area contributed by atoms with Crippen LogP contribution in [-0.4, -0.2) is 29.8 Å². The zero-order valence-corrected chi connectivity index (χ0v) is 12.2. The van der Waals surface area contributed by atoms with Gasteiger partial charge in [0.05, 0.1) is 18.4 Å². The molecule has 2 amide bonds. The predicted molar refractivity (Wildman–Crippen MR) is 79.0 cm³/mol. The molecule has 1 fully saturated rings. The summed E-state index contributed by atoms with van der Waals surface area (Å²) in [5, 5.41) is 14.7. The number of nitrogens with one attached hydrogen (secondary N) is 2. The van der Waals surface area contributed by atoms with Gasteiger partial charge in [-0.15, -0.1) is 0 Å². The van der Waals surface area contributed by atoms with Crippen LogP contribution in [0.2, 0.25) is 0 Å². The zero-order chi connectivity index (χ0) is 15.5. The topological polar surface area (TPSA) is 87.7 Å². The van der Waals surface area contributed by atoms with E-state index in [1.54, 1.807) is 0 Å². The van der Waals surface area contributed by atoms with Crippen LogP contribution in [0.1, 0.15) is 43.0 Å². The molecule has 2 rings (SSSR count). The molecule has 0 saturated heterocycles. The van der Waals surface area contributed by atoms with Gasteiger partial charge in [-0.1, -0.05) is 6.92 Å². The Morgan fingerprint density at radius 3 is 2.57 bits per heavy atom. The Balaban J connectivity index is 2.12.